The van der Waals surface area contributed by atoms with E-state index in [9.17, 15) is 9.59 Å². The summed E-state index contributed by atoms with van der Waals surface area (Å²) in [6.07, 6.45) is 2.65. The van der Waals surface area contributed by atoms with Crippen LogP contribution in [0.1, 0.15) is 60.2 Å². The minimum Gasteiger partial charge on any atom is -0.488 e. The zero-order valence-corrected chi connectivity index (χ0v) is 21.5. The first-order valence-corrected chi connectivity index (χ1v) is 12.5. The van der Waals surface area contributed by atoms with E-state index in [4.69, 9.17) is 21.1 Å². The number of methoxy groups -OCH3 is 1. The molecule has 3 aromatic rings. The van der Waals surface area contributed by atoms with E-state index in [0.717, 1.165) is 52.8 Å². The summed E-state index contributed by atoms with van der Waals surface area (Å²) < 4.78 is 11.2. The SMILES string of the molecule is COC(=O)c1cc(NC(=O)C(C)C)cc(C2=C(c3cc(Cl)ccc3OCc3ccccc3)CCC2)c1. The van der Waals surface area contributed by atoms with E-state index in [1.807, 2.05) is 74.5 Å². The number of hydrogen-bond acceptors (Lipinski definition) is 4. The third-order valence-corrected chi connectivity index (χ3v) is 6.45. The molecule has 0 fully saturated rings. The molecule has 0 atom stereocenters. The largest absolute Gasteiger partial charge is 0.488 e. The minimum absolute atomic E-state index is 0.116. The highest BCUT2D eigenvalue weighted by Gasteiger charge is 2.23. The molecule has 0 aliphatic heterocycles. The summed E-state index contributed by atoms with van der Waals surface area (Å²) in [7, 11) is 1.35. The highest BCUT2D eigenvalue weighted by Crippen LogP contribution is 2.44. The first kappa shape index (κ1) is 25.5. The Morgan fingerprint density at radius 3 is 2.44 bits per heavy atom. The second kappa shape index (κ2) is 11.4. The summed E-state index contributed by atoms with van der Waals surface area (Å²) in [5, 5.41) is 3.55. The molecule has 0 bridgehead atoms. The second-order valence-electron chi connectivity index (χ2n) is 9.16. The van der Waals surface area contributed by atoms with Gasteiger partial charge < -0.3 is 14.8 Å². The lowest BCUT2D eigenvalue weighted by molar-refractivity contribution is -0.118. The average Bonchev–Trinajstić information content (AvgIpc) is 3.37. The van der Waals surface area contributed by atoms with Gasteiger partial charge in [0, 0.05) is 22.2 Å². The smallest absolute Gasteiger partial charge is 0.337 e. The summed E-state index contributed by atoms with van der Waals surface area (Å²) >= 11 is 6.42. The van der Waals surface area contributed by atoms with E-state index in [2.05, 4.69) is 5.32 Å². The molecule has 0 unspecified atom stereocenters. The molecule has 0 radical (unpaired) electrons. The van der Waals surface area contributed by atoms with E-state index in [-0.39, 0.29) is 11.8 Å². The number of rotatable bonds is 8. The zero-order valence-electron chi connectivity index (χ0n) is 20.8. The van der Waals surface area contributed by atoms with Crippen molar-refractivity contribution in [2.75, 3.05) is 12.4 Å². The van der Waals surface area contributed by atoms with Crippen molar-refractivity contribution in [3.8, 4) is 5.75 Å². The monoisotopic (exact) mass is 503 g/mol. The first-order valence-electron chi connectivity index (χ1n) is 12.1. The van der Waals surface area contributed by atoms with Crippen LogP contribution in [-0.4, -0.2) is 19.0 Å². The molecular formula is C30H30ClNO4. The number of benzene rings is 3. The van der Waals surface area contributed by atoms with Crippen molar-refractivity contribution < 1.29 is 19.1 Å². The van der Waals surface area contributed by atoms with Crippen molar-refractivity contribution in [1.82, 2.24) is 0 Å². The van der Waals surface area contributed by atoms with Crippen LogP contribution in [0.4, 0.5) is 5.69 Å². The molecule has 1 aliphatic rings. The molecule has 1 amide bonds. The maximum atomic E-state index is 12.4. The van der Waals surface area contributed by atoms with Crippen LogP contribution in [0, 0.1) is 5.92 Å². The van der Waals surface area contributed by atoms with E-state index >= 15 is 0 Å². The Morgan fingerprint density at radius 1 is 0.972 bits per heavy atom. The number of anilines is 1. The van der Waals surface area contributed by atoms with Crippen molar-refractivity contribution >= 4 is 40.3 Å². The molecule has 0 aromatic heterocycles. The predicted molar refractivity (Wildman–Crippen MR) is 144 cm³/mol. The van der Waals surface area contributed by atoms with Crippen LogP contribution >= 0.6 is 11.6 Å². The van der Waals surface area contributed by atoms with Gasteiger partial charge >= 0.3 is 5.97 Å². The van der Waals surface area contributed by atoms with Gasteiger partial charge in [0.15, 0.2) is 0 Å². The highest BCUT2D eigenvalue weighted by atomic mass is 35.5. The lowest BCUT2D eigenvalue weighted by atomic mass is 9.94. The number of allylic oxidation sites excluding steroid dienone is 2. The number of halogens is 1. The van der Waals surface area contributed by atoms with Crippen molar-refractivity contribution in [2.45, 2.75) is 39.7 Å². The average molecular weight is 504 g/mol. The maximum absolute atomic E-state index is 12.4. The topological polar surface area (TPSA) is 64.6 Å². The summed E-state index contributed by atoms with van der Waals surface area (Å²) in [5.74, 6) is 0.00379. The van der Waals surface area contributed by atoms with Gasteiger partial charge in [0.2, 0.25) is 5.91 Å². The standard InChI is InChI=1S/C30H30ClNO4/c1-19(2)29(33)32-24-15-21(14-22(16-24)30(34)35-3)25-10-7-11-26(25)27-17-23(31)12-13-28(27)36-18-20-8-5-4-6-9-20/h4-6,8-9,12-17,19H,7,10-11,18H2,1-3H3,(H,32,33). The highest BCUT2D eigenvalue weighted by molar-refractivity contribution is 6.30. The normalized spacial score (nSPS) is 13.1. The van der Waals surface area contributed by atoms with Crippen LogP contribution in [0.25, 0.3) is 11.1 Å². The number of hydrogen-bond donors (Lipinski definition) is 1. The van der Waals surface area contributed by atoms with Gasteiger partial charge in [-0.05, 0) is 77.9 Å². The lowest BCUT2D eigenvalue weighted by Gasteiger charge is -2.17. The molecule has 0 heterocycles. The van der Waals surface area contributed by atoms with Crippen molar-refractivity contribution in [3.05, 3.63) is 94.0 Å². The van der Waals surface area contributed by atoms with Gasteiger partial charge in [-0.1, -0.05) is 55.8 Å². The Morgan fingerprint density at radius 2 is 1.72 bits per heavy atom. The molecule has 36 heavy (non-hydrogen) atoms. The van der Waals surface area contributed by atoms with Gasteiger partial charge in [0.1, 0.15) is 12.4 Å². The minimum atomic E-state index is -0.452. The number of esters is 1. The Bertz CT molecular complexity index is 1300. The van der Waals surface area contributed by atoms with Crippen LogP contribution in [-0.2, 0) is 16.1 Å². The summed E-state index contributed by atoms with van der Waals surface area (Å²) in [6.45, 7) is 4.10. The summed E-state index contributed by atoms with van der Waals surface area (Å²) in [4.78, 5) is 24.8. The summed E-state index contributed by atoms with van der Waals surface area (Å²) in [5.41, 5.74) is 6.09. The zero-order chi connectivity index (χ0) is 25.7. The first-order chi connectivity index (χ1) is 17.4. The fourth-order valence-corrected chi connectivity index (χ4v) is 4.53. The molecule has 4 rings (SSSR count). The molecule has 0 saturated carbocycles. The number of ether oxygens (including phenoxy) is 2. The van der Waals surface area contributed by atoms with Gasteiger partial charge in [-0.3, -0.25) is 4.79 Å². The van der Waals surface area contributed by atoms with Gasteiger partial charge in [-0.15, -0.1) is 0 Å². The molecule has 0 spiro atoms. The maximum Gasteiger partial charge on any atom is 0.337 e. The Hall–Kier alpha value is -3.57. The molecule has 6 heteroatoms. The van der Waals surface area contributed by atoms with E-state index in [0.29, 0.717) is 22.9 Å². The van der Waals surface area contributed by atoms with Crippen LogP contribution in [0.5, 0.6) is 5.75 Å². The van der Waals surface area contributed by atoms with Crippen molar-refractivity contribution in [2.24, 2.45) is 5.92 Å². The van der Waals surface area contributed by atoms with E-state index < -0.39 is 5.97 Å². The van der Waals surface area contributed by atoms with E-state index in [1.165, 1.54) is 7.11 Å². The van der Waals surface area contributed by atoms with Crippen LogP contribution in [0.2, 0.25) is 5.02 Å². The van der Waals surface area contributed by atoms with E-state index in [1.54, 1.807) is 6.07 Å². The van der Waals surface area contributed by atoms with Gasteiger partial charge in [-0.2, -0.15) is 0 Å². The quantitative estimate of drug-likeness (QED) is 0.325. The van der Waals surface area contributed by atoms with Crippen LogP contribution in [0.15, 0.2) is 66.7 Å². The van der Waals surface area contributed by atoms with Crippen molar-refractivity contribution in [3.63, 3.8) is 0 Å². The Balaban J connectivity index is 1.76. The van der Waals surface area contributed by atoms with Crippen molar-refractivity contribution in [1.29, 1.82) is 0 Å². The molecule has 1 N–H and O–H groups in total. The van der Waals surface area contributed by atoms with Crippen LogP contribution < -0.4 is 10.1 Å². The fraction of sp³-hybridized carbons (Fsp3) is 0.267. The Kier molecular flexibility index (Phi) is 8.11. The third-order valence-electron chi connectivity index (χ3n) is 6.22. The fourth-order valence-electron chi connectivity index (χ4n) is 4.36. The van der Waals surface area contributed by atoms with Gasteiger partial charge in [-0.25, -0.2) is 4.79 Å². The third kappa shape index (κ3) is 5.97. The lowest BCUT2D eigenvalue weighted by Crippen LogP contribution is -2.18. The van der Waals surface area contributed by atoms with Gasteiger partial charge in [0.25, 0.3) is 0 Å². The molecule has 1 aliphatic carbocycles. The predicted octanol–water partition coefficient (Wildman–Crippen LogP) is 7.39. The molecular weight excluding hydrogens is 474 g/mol. The number of carbonyl (C=O) groups is 2. The number of amides is 1. The van der Waals surface area contributed by atoms with Gasteiger partial charge in [0.05, 0.1) is 12.7 Å². The second-order valence-corrected chi connectivity index (χ2v) is 9.60. The number of carbonyl (C=O) groups excluding carboxylic acids is 2. The summed E-state index contributed by atoms with van der Waals surface area (Å²) in [6, 6.07) is 21.1. The Labute approximate surface area is 217 Å². The number of nitrogens with one attached hydrogen (secondary N) is 1. The molecule has 0 saturated heterocycles. The molecule has 3 aromatic carbocycles. The van der Waals surface area contributed by atoms with Crippen LogP contribution in [0.3, 0.4) is 0 Å². The molecule has 186 valence electrons. The molecule has 5 nitrogen and oxygen atoms in total.